The van der Waals surface area contributed by atoms with Crippen molar-refractivity contribution in [1.82, 2.24) is 15.1 Å². The maximum atomic E-state index is 5.41. The van der Waals surface area contributed by atoms with Gasteiger partial charge < -0.3 is 10.1 Å². The van der Waals surface area contributed by atoms with E-state index in [1.165, 1.54) is 0 Å². The Bertz CT molecular complexity index is 297. The van der Waals surface area contributed by atoms with E-state index in [2.05, 4.69) is 55.4 Å². The average Bonchev–Trinajstić information content (AvgIpc) is 2.39. The highest BCUT2D eigenvalue weighted by molar-refractivity contribution is 7.82. The van der Waals surface area contributed by atoms with Crippen LogP contribution in [0.15, 0.2) is 0 Å². The first-order valence-corrected chi connectivity index (χ1v) is 9.23. The minimum absolute atomic E-state index is 0.0355. The molecular weight excluding hydrogens is 314 g/mol. The van der Waals surface area contributed by atoms with Gasteiger partial charge in [-0.15, -0.1) is 0 Å². The predicted molar refractivity (Wildman–Crippen MR) is 103 cm³/mol. The van der Waals surface area contributed by atoms with Gasteiger partial charge in [0.15, 0.2) is 0 Å². The predicted octanol–water partition coefficient (Wildman–Crippen LogP) is 1.63. The minimum atomic E-state index is 0.0355. The number of hydrogen-bond acceptors (Lipinski definition) is 6. The maximum Gasteiger partial charge on any atom is 0.0594 e. The number of rotatable bonds is 10. The molecule has 22 heavy (non-hydrogen) atoms. The molecule has 0 spiro atoms. The highest BCUT2D eigenvalue weighted by Crippen LogP contribution is 2.14. The summed E-state index contributed by atoms with van der Waals surface area (Å²) in [4.78, 5) is 5.01. The summed E-state index contributed by atoms with van der Waals surface area (Å²) in [6, 6.07) is 0. The van der Waals surface area contributed by atoms with Gasteiger partial charge in [0, 0.05) is 61.9 Å². The Morgan fingerprint density at radius 3 is 2.23 bits per heavy atom. The van der Waals surface area contributed by atoms with Crippen molar-refractivity contribution in [3.05, 3.63) is 0 Å². The summed E-state index contributed by atoms with van der Waals surface area (Å²) < 4.78 is 5.49. The van der Waals surface area contributed by atoms with E-state index in [0.717, 1.165) is 65.6 Å². The zero-order chi connectivity index (χ0) is 16.6. The summed E-state index contributed by atoms with van der Waals surface area (Å²) >= 11 is 9.25. The van der Waals surface area contributed by atoms with Crippen LogP contribution in [0.25, 0.3) is 0 Å². The molecule has 1 aliphatic rings. The lowest BCUT2D eigenvalue weighted by atomic mass is 10.2. The van der Waals surface area contributed by atoms with Gasteiger partial charge in [-0.2, -0.15) is 25.3 Å². The van der Waals surface area contributed by atoms with Crippen molar-refractivity contribution in [2.24, 2.45) is 0 Å². The Hall–Kier alpha value is 0.540. The number of morpholine rings is 1. The van der Waals surface area contributed by atoms with Gasteiger partial charge in [0.25, 0.3) is 0 Å². The first-order valence-electron chi connectivity index (χ1n) is 8.34. The van der Waals surface area contributed by atoms with Crippen molar-refractivity contribution in [2.45, 2.75) is 37.2 Å². The zero-order valence-corrected chi connectivity index (χ0v) is 16.6. The number of hydrogen-bond donors (Lipinski definition) is 3. The van der Waals surface area contributed by atoms with Crippen LogP contribution in [0.3, 0.4) is 0 Å². The average molecular weight is 350 g/mol. The second-order valence-corrected chi connectivity index (χ2v) is 9.95. The summed E-state index contributed by atoms with van der Waals surface area (Å²) in [5.74, 6) is 0. The number of ether oxygens (including phenoxy) is 1. The number of nitrogens with zero attached hydrogens (tertiary/aromatic N) is 2. The fourth-order valence-electron chi connectivity index (χ4n) is 2.56. The molecule has 6 heteroatoms. The highest BCUT2D eigenvalue weighted by Gasteiger charge is 2.19. The van der Waals surface area contributed by atoms with E-state index in [0.29, 0.717) is 0 Å². The third kappa shape index (κ3) is 11.1. The minimum Gasteiger partial charge on any atom is -0.379 e. The van der Waals surface area contributed by atoms with Gasteiger partial charge in [0.1, 0.15) is 0 Å². The van der Waals surface area contributed by atoms with Crippen molar-refractivity contribution >= 4 is 25.3 Å². The van der Waals surface area contributed by atoms with Gasteiger partial charge >= 0.3 is 0 Å². The Balaban J connectivity index is 2.32. The SMILES string of the molecule is CC(C)(S)CNCCN(CCN1CCOCC1)CC(C)(C)S. The third-order valence-electron chi connectivity index (χ3n) is 3.61. The summed E-state index contributed by atoms with van der Waals surface area (Å²) in [7, 11) is 0. The second kappa shape index (κ2) is 9.74. The van der Waals surface area contributed by atoms with E-state index < -0.39 is 0 Å². The first-order chi connectivity index (χ1) is 10.2. The summed E-state index contributed by atoms with van der Waals surface area (Å²) in [5, 5.41) is 3.50. The topological polar surface area (TPSA) is 27.7 Å². The van der Waals surface area contributed by atoms with Crippen LogP contribution in [0, 0.1) is 0 Å². The molecule has 0 aliphatic carbocycles. The fourth-order valence-corrected chi connectivity index (χ4v) is 2.87. The van der Waals surface area contributed by atoms with Crippen molar-refractivity contribution in [2.75, 3.05) is 65.6 Å². The van der Waals surface area contributed by atoms with Gasteiger partial charge in [-0.25, -0.2) is 0 Å². The molecule has 0 saturated carbocycles. The molecule has 132 valence electrons. The molecule has 4 nitrogen and oxygen atoms in total. The largest absolute Gasteiger partial charge is 0.379 e. The van der Waals surface area contributed by atoms with E-state index in [1.54, 1.807) is 0 Å². The van der Waals surface area contributed by atoms with Gasteiger partial charge in [-0.3, -0.25) is 9.80 Å². The Kier molecular flexibility index (Phi) is 9.12. The molecule has 0 aromatic rings. The van der Waals surface area contributed by atoms with Crippen LogP contribution in [-0.4, -0.2) is 84.9 Å². The van der Waals surface area contributed by atoms with Crippen molar-refractivity contribution in [1.29, 1.82) is 0 Å². The van der Waals surface area contributed by atoms with Crippen LogP contribution in [0.5, 0.6) is 0 Å². The third-order valence-corrected chi connectivity index (χ3v) is 3.91. The summed E-state index contributed by atoms with van der Waals surface area (Å²) in [5.41, 5.74) is 0. The van der Waals surface area contributed by atoms with Crippen molar-refractivity contribution < 1.29 is 4.74 Å². The molecule has 1 saturated heterocycles. The molecule has 1 heterocycles. The Labute approximate surface area is 148 Å². The quantitative estimate of drug-likeness (QED) is 0.413. The monoisotopic (exact) mass is 349 g/mol. The van der Waals surface area contributed by atoms with Gasteiger partial charge in [0.05, 0.1) is 13.2 Å². The zero-order valence-electron chi connectivity index (χ0n) is 14.8. The molecule has 0 bridgehead atoms. The normalized spacial score (nSPS) is 18.1. The van der Waals surface area contributed by atoms with E-state index in [1.807, 2.05) is 0 Å². The molecule has 0 aromatic carbocycles. The van der Waals surface area contributed by atoms with Crippen LogP contribution in [0.1, 0.15) is 27.7 Å². The summed E-state index contributed by atoms with van der Waals surface area (Å²) in [6.07, 6.45) is 0. The van der Waals surface area contributed by atoms with Gasteiger partial charge in [-0.1, -0.05) is 0 Å². The van der Waals surface area contributed by atoms with Crippen molar-refractivity contribution in [3.63, 3.8) is 0 Å². The Morgan fingerprint density at radius 1 is 1.05 bits per heavy atom. The van der Waals surface area contributed by atoms with Crippen LogP contribution in [-0.2, 0) is 4.74 Å². The van der Waals surface area contributed by atoms with Gasteiger partial charge in [0.2, 0.25) is 0 Å². The molecule has 0 radical (unpaired) electrons. The van der Waals surface area contributed by atoms with Crippen LogP contribution in [0.4, 0.5) is 0 Å². The molecule has 1 N–H and O–H groups in total. The molecule has 0 unspecified atom stereocenters. The van der Waals surface area contributed by atoms with Crippen LogP contribution in [0.2, 0.25) is 0 Å². The number of nitrogens with one attached hydrogen (secondary N) is 1. The first kappa shape index (κ1) is 20.6. The molecule has 1 aliphatic heterocycles. The Morgan fingerprint density at radius 2 is 1.68 bits per heavy atom. The molecule has 0 amide bonds. The molecule has 0 atom stereocenters. The second-order valence-electron chi connectivity index (χ2n) is 7.53. The van der Waals surface area contributed by atoms with Crippen LogP contribution >= 0.6 is 25.3 Å². The standard InChI is InChI=1S/C16H35N3OS2/c1-15(2,21)13-17-5-6-19(14-16(3,4)22)8-7-18-9-11-20-12-10-18/h17,21-22H,5-14H2,1-4H3. The van der Waals surface area contributed by atoms with Crippen LogP contribution < -0.4 is 5.32 Å². The van der Waals surface area contributed by atoms with E-state index in [-0.39, 0.29) is 9.49 Å². The lowest BCUT2D eigenvalue weighted by Gasteiger charge is -2.33. The molecule has 0 aromatic heterocycles. The van der Waals surface area contributed by atoms with E-state index in [9.17, 15) is 0 Å². The highest BCUT2D eigenvalue weighted by atomic mass is 32.1. The molecule has 1 fully saturated rings. The van der Waals surface area contributed by atoms with E-state index >= 15 is 0 Å². The van der Waals surface area contributed by atoms with E-state index in [4.69, 9.17) is 17.4 Å². The molecule has 1 rings (SSSR count). The lowest BCUT2D eigenvalue weighted by molar-refractivity contribution is 0.0331. The number of thiol groups is 2. The molecular formula is C16H35N3OS2. The summed E-state index contributed by atoms with van der Waals surface area (Å²) in [6.45, 7) is 18.7. The van der Waals surface area contributed by atoms with Crippen molar-refractivity contribution in [3.8, 4) is 0 Å². The van der Waals surface area contributed by atoms with Gasteiger partial charge in [-0.05, 0) is 27.7 Å². The fraction of sp³-hybridized carbons (Fsp3) is 1.00. The maximum absolute atomic E-state index is 5.41. The smallest absolute Gasteiger partial charge is 0.0594 e. The lowest BCUT2D eigenvalue weighted by Crippen LogP contribution is -2.46.